The first kappa shape index (κ1) is 16.9. The van der Waals surface area contributed by atoms with Gasteiger partial charge in [0.05, 0.1) is 0 Å². The summed E-state index contributed by atoms with van der Waals surface area (Å²) < 4.78 is 40.2. The Bertz CT molecular complexity index is 396. The van der Waals surface area contributed by atoms with Crippen molar-refractivity contribution in [3.63, 3.8) is 0 Å². The summed E-state index contributed by atoms with van der Waals surface area (Å²) in [6, 6.07) is 7.89. The minimum Gasteiger partial charge on any atom is -0.372 e. The molecule has 3 nitrogen and oxygen atoms in total. The maximum Gasteiger partial charge on any atom is 0.411 e. The maximum absolute atomic E-state index is 11.9. The van der Waals surface area contributed by atoms with Crippen LogP contribution < -0.4 is 5.73 Å². The fourth-order valence-corrected chi connectivity index (χ4v) is 1.91. The zero-order valence-electron chi connectivity index (χ0n) is 11.6. The number of nitrogens with zero attached hydrogens (tertiary/aromatic N) is 1. The lowest BCUT2D eigenvalue weighted by Crippen LogP contribution is -2.23. The lowest BCUT2D eigenvalue weighted by Gasteiger charge is -2.18. The highest BCUT2D eigenvalue weighted by Gasteiger charge is 2.27. The quantitative estimate of drug-likeness (QED) is 0.748. The molecule has 20 heavy (non-hydrogen) atoms. The van der Waals surface area contributed by atoms with E-state index in [1.54, 1.807) is 0 Å². The molecular weight excluding hydrogens is 269 g/mol. The molecule has 1 aromatic carbocycles. The molecule has 0 aliphatic rings. The molecule has 0 saturated heterocycles. The first-order valence-electron chi connectivity index (χ1n) is 6.52. The molecule has 6 heteroatoms. The Labute approximate surface area is 117 Å². The average Bonchev–Trinajstić information content (AvgIpc) is 2.37. The van der Waals surface area contributed by atoms with Gasteiger partial charge in [-0.05, 0) is 24.6 Å². The minimum atomic E-state index is -4.24. The van der Waals surface area contributed by atoms with E-state index in [0.29, 0.717) is 19.5 Å². The molecule has 1 aromatic rings. The largest absolute Gasteiger partial charge is 0.411 e. The van der Waals surface area contributed by atoms with Crippen molar-refractivity contribution >= 4 is 0 Å². The fraction of sp³-hybridized carbons (Fsp3) is 0.571. The van der Waals surface area contributed by atoms with E-state index in [0.717, 1.165) is 17.7 Å². The van der Waals surface area contributed by atoms with Crippen LogP contribution in [0.4, 0.5) is 13.2 Å². The van der Waals surface area contributed by atoms with Crippen LogP contribution in [0.2, 0.25) is 0 Å². The van der Waals surface area contributed by atoms with Crippen molar-refractivity contribution in [1.29, 1.82) is 0 Å². The van der Waals surface area contributed by atoms with Crippen LogP contribution in [-0.4, -0.2) is 37.9 Å². The van der Waals surface area contributed by atoms with Crippen LogP contribution in [0.5, 0.6) is 0 Å². The monoisotopic (exact) mass is 290 g/mol. The van der Waals surface area contributed by atoms with Crippen LogP contribution in [0.15, 0.2) is 24.3 Å². The Morgan fingerprint density at radius 1 is 1.20 bits per heavy atom. The molecule has 0 aliphatic heterocycles. The summed E-state index contributed by atoms with van der Waals surface area (Å²) in [4.78, 5) is 2.05. The van der Waals surface area contributed by atoms with Gasteiger partial charge in [-0.3, -0.25) is 0 Å². The molecular formula is C14H21F3N2O. The summed E-state index contributed by atoms with van der Waals surface area (Å²) in [6.45, 7) is 0.831. The first-order chi connectivity index (χ1) is 9.42. The summed E-state index contributed by atoms with van der Waals surface area (Å²) >= 11 is 0. The van der Waals surface area contributed by atoms with Gasteiger partial charge >= 0.3 is 6.18 Å². The molecule has 0 amide bonds. The summed E-state index contributed by atoms with van der Waals surface area (Å²) in [5.74, 6) is 0. The highest BCUT2D eigenvalue weighted by atomic mass is 19.4. The van der Waals surface area contributed by atoms with E-state index >= 15 is 0 Å². The van der Waals surface area contributed by atoms with Crippen molar-refractivity contribution in [2.24, 2.45) is 5.73 Å². The lowest BCUT2D eigenvalue weighted by molar-refractivity contribution is -0.174. The highest BCUT2D eigenvalue weighted by Crippen LogP contribution is 2.14. The van der Waals surface area contributed by atoms with Gasteiger partial charge in [-0.25, -0.2) is 0 Å². The van der Waals surface area contributed by atoms with E-state index in [4.69, 9.17) is 5.73 Å². The molecule has 2 N–H and O–H groups in total. The number of ether oxygens (including phenoxy) is 1. The summed E-state index contributed by atoms with van der Waals surface area (Å²) in [7, 11) is 1.93. The molecule has 0 unspecified atom stereocenters. The zero-order valence-corrected chi connectivity index (χ0v) is 11.6. The van der Waals surface area contributed by atoms with Gasteiger partial charge < -0.3 is 15.4 Å². The molecule has 0 aliphatic carbocycles. The van der Waals surface area contributed by atoms with E-state index < -0.39 is 12.8 Å². The minimum absolute atomic E-state index is 0.113. The zero-order chi connectivity index (χ0) is 15.0. The van der Waals surface area contributed by atoms with Gasteiger partial charge in [0.1, 0.15) is 6.61 Å². The van der Waals surface area contributed by atoms with Crippen molar-refractivity contribution < 1.29 is 17.9 Å². The molecule has 0 heterocycles. The highest BCUT2D eigenvalue weighted by molar-refractivity contribution is 5.26. The van der Waals surface area contributed by atoms with Crippen LogP contribution >= 0.6 is 0 Å². The Morgan fingerprint density at radius 2 is 1.85 bits per heavy atom. The number of nitrogens with two attached hydrogens (primary N) is 1. The molecule has 0 bridgehead atoms. The van der Waals surface area contributed by atoms with Crippen molar-refractivity contribution in [3.8, 4) is 0 Å². The fourth-order valence-electron chi connectivity index (χ4n) is 1.91. The van der Waals surface area contributed by atoms with E-state index in [-0.39, 0.29) is 6.61 Å². The third-order valence-corrected chi connectivity index (χ3v) is 2.87. The Morgan fingerprint density at radius 3 is 2.45 bits per heavy atom. The summed E-state index contributed by atoms with van der Waals surface area (Å²) in [6.07, 6.45) is -3.68. The third-order valence-electron chi connectivity index (χ3n) is 2.87. The molecule has 0 atom stereocenters. The molecule has 0 fully saturated rings. The van der Waals surface area contributed by atoms with Crippen LogP contribution in [0.1, 0.15) is 17.5 Å². The molecule has 0 aromatic heterocycles. The second kappa shape index (κ2) is 8.24. The normalized spacial score (nSPS) is 12.1. The number of rotatable bonds is 8. The van der Waals surface area contributed by atoms with Crippen molar-refractivity contribution in [1.82, 2.24) is 4.90 Å². The number of alkyl halides is 3. The Kier molecular flexibility index (Phi) is 6.98. The van der Waals surface area contributed by atoms with E-state index in [2.05, 4.69) is 4.74 Å². The molecule has 0 saturated carbocycles. The average molecular weight is 290 g/mol. The van der Waals surface area contributed by atoms with E-state index in [9.17, 15) is 13.2 Å². The summed E-state index contributed by atoms with van der Waals surface area (Å²) in [5.41, 5.74) is 7.90. The van der Waals surface area contributed by atoms with E-state index in [1.165, 1.54) is 0 Å². The molecule has 1 rings (SSSR count). The van der Waals surface area contributed by atoms with Gasteiger partial charge in [0.25, 0.3) is 0 Å². The van der Waals surface area contributed by atoms with Gasteiger partial charge in [-0.2, -0.15) is 13.2 Å². The van der Waals surface area contributed by atoms with Crippen LogP contribution in [0.3, 0.4) is 0 Å². The van der Waals surface area contributed by atoms with Crippen LogP contribution in [-0.2, 0) is 17.8 Å². The van der Waals surface area contributed by atoms with Crippen LogP contribution in [0.25, 0.3) is 0 Å². The van der Waals surface area contributed by atoms with Gasteiger partial charge in [0.2, 0.25) is 0 Å². The van der Waals surface area contributed by atoms with Gasteiger partial charge in [0, 0.05) is 26.2 Å². The van der Waals surface area contributed by atoms with E-state index in [1.807, 2.05) is 36.2 Å². The molecule has 114 valence electrons. The number of halogens is 3. The first-order valence-corrected chi connectivity index (χ1v) is 6.52. The molecule has 0 spiro atoms. The topological polar surface area (TPSA) is 38.5 Å². The lowest BCUT2D eigenvalue weighted by atomic mass is 10.1. The third kappa shape index (κ3) is 6.88. The summed E-state index contributed by atoms with van der Waals surface area (Å²) in [5, 5.41) is 0. The maximum atomic E-state index is 11.9. The van der Waals surface area contributed by atoms with Gasteiger partial charge in [-0.1, -0.05) is 24.3 Å². The predicted octanol–water partition coefficient (Wildman–Crippen LogP) is 2.55. The predicted molar refractivity (Wildman–Crippen MR) is 72.2 cm³/mol. The second-order valence-electron chi connectivity index (χ2n) is 4.73. The Balaban J connectivity index is 2.25. The van der Waals surface area contributed by atoms with Gasteiger partial charge in [0.15, 0.2) is 0 Å². The van der Waals surface area contributed by atoms with Crippen molar-refractivity contribution in [2.75, 3.05) is 26.8 Å². The number of benzene rings is 1. The number of hydrogen-bond donors (Lipinski definition) is 1. The number of hydrogen-bond acceptors (Lipinski definition) is 3. The Hall–Kier alpha value is -1.11. The van der Waals surface area contributed by atoms with Crippen molar-refractivity contribution in [2.45, 2.75) is 25.7 Å². The standard InChI is InChI=1S/C14H21F3N2O/c1-19(7-4-8-20-11-14(15,16)17)10-13-6-3-2-5-12(13)9-18/h2-3,5-6H,4,7-11,18H2,1H3. The second-order valence-corrected chi connectivity index (χ2v) is 4.73. The molecule has 0 radical (unpaired) electrons. The smallest absolute Gasteiger partial charge is 0.372 e. The SMILES string of the molecule is CN(CCCOCC(F)(F)F)Cc1ccccc1CN. The van der Waals surface area contributed by atoms with Gasteiger partial charge in [-0.15, -0.1) is 0 Å². The van der Waals surface area contributed by atoms with Crippen LogP contribution in [0, 0.1) is 0 Å². The van der Waals surface area contributed by atoms with Crippen molar-refractivity contribution in [3.05, 3.63) is 35.4 Å².